The minimum Gasteiger partial charge on any atom is -0.480 e. The van der Waals surface area contributed by atoms with E-state index in [0.717, 1.165) is 45.1 Å². The molecule has 0 aliphatic carbocycles. The Hall–Kier alpha value is -0.570. The lowest BCUT2D eigenvalue weighted by molar-refractivity contribution is -0.145. The van der Waals surface area contributed by atoms with Gasteiger partial charge in [0, 0.05) is 0 Å². The summed E-state index contributed by atoms with van der Waals surface area (Å²) in [6, 6.07) is 0. The van der Waals surface area contributed by atoms with Gasteiger partial charge in [0.2, 0.25) is 0 Å². The Morgan fingerprint density at radius 1 is 1.13 bits per heavy atom. The number of nitrogens with one attached hydrogen (secondary N) is 1. The number of carboxylic acids is 1. The Labute approximate surface area is 93.3 Å². The normalized spacial score (nSPS) is 11.7. The predicted octanol–water partition coefficient (Wildman–Crippen LogP) is 2.80. The van der Waals surface area contributed by atoms with Crippen molar-refractivity contribution in [2.75, 3.05) is 6.54 Å². The number of carboxylic acid groups (broad SMARTS) is 1. The van der Waals surface area contributed by atoms with Crippen molar-refractivity contribution >= 4 is 5.97 Å². The molecular weight excluding hydrogens is 190 g/mol. The highest BCUT2D eigenvalue weighted by atomic mass is 16.4. The molecule has 0 aliphatic rings. The maximum atomic E-state index is 11.4. The van der Waals surface area contributed by atoms with Gasteiger partial charge in [-0.2, -0.15) is 0 Å². The summed E-state index contributed by atoms with van der Waals surface area (Å²) in [6.07, 6.45) is 5.53. The molecule has 3 heteroatoms. The van der Waals surface area contributed by atoms with E-state index < -0.39 is 11.5 Å². The highest BCUT2D eigenvalue weighted by Gasteiger charge is 2.35. The molecule has 15 heavy (non-hydrogen) atoms. The van der Waals surface area contributed by atoms with Crippen LogP contribution in [-0.4, -0.2) is 23.2 Å². The van der Waals surface area contributed by atoms with Crippen molar-refractivity contribution in [3.05, 3.63) is 0 Å². The van der Waals surface area contributed by atoms with E-state index in [9.17, 15) is 9.90 Å². The highest BCUT2D eigenvalue weighted by Crippen LogP contribution is 2.22. The van der Waals surface area contributed by atoms with Gasteiger partial charge in [-0.05, 0) is 19.4 Å². The molecule has 2 N–H and O–H groups in total. The molecule has 0 atom stereocenters. The topological polar surface area (TPSA) is 49.3 Å². The number of hydrogen-bond acceptors (Lipinski definition) is 2. The van der Waals surface area contributed by atoms with Crippen LogP contribution in [0.1, 0.15) is 59.3 Å². The third-order valence-electron chi connectivity index (χ3n) is 2.84. The van der Waals surface area contributed by atoms with Crippen molar-refractivity contribution < 1.29 is 9.90 Å². The average Bonchev–Trinajstić information content (AvgIpc) is 2.22. The molecular formula is C12H25NO2. The Morgan fingerprint density at radius 2 is 1.60 bits per heavy atom. The monoisotopic (exact) mass is 215 g/mol. The Balaban J connectivity index is 4.48. The smallest absolute Gasteiger partial charge is 0.323 e. The van der Waals surface area contributed by atoms with Crippen molar-refractivity contribution in [2.45, 2.75) is 64.8 Å². The third-order valence-corrected chi connectivity index (χ3v) is 2.84. The second-order valence-corrected chi connectivity index (χ2v) is 4.12. The van der Waals surface area contributed by atoms with Gasteiger partial charge < -0.3 is 10.4 Å². The van der Waals surface area contributed by atoms with Gasteiger partial charge in [-0.3, -0.25) is 4.79 Å². The van der Waals surface area contributed by atoms with Gasteiger partial charge in [-0.15, -0.1) is 0 Å². The lowest BCUT2D eigenvalue weighted by Crippen LogP contribution is -2.52. The van der Waals surface area contributed by atoms with Crippen LogP contribution in [0.15, 0.2) is 0 Å². The first kappa shape index (κ1) is 14.4. The average molecular weight is 215 g/mol. The summed E-state index contributed by atoms with van der Waals surface area (Å²) < 4.78 is 0. The zero-order chi connectivity index (χ0) is 11.7. The summed E-state index contributed by atoms with van der Waals surface area (Å²) in [5, 5.41) is 12.5. The number of unbranched alkanes of at least 4 members (excludes halogenated alkanes) is 2. The van der Waals surface area contributed by atoms with Crippen LogP contribution < -0.4 is 5.32 Å². The molecule has 0 saturated heterocycles. The fourth-order valence-corrected chi connectivity index (χ4v) is 1.89. The van der Waals surface area contributed by atoms with E-state index in [4.69, 9.17) is 0 Å². The molecule has 0 rings (SSSR count). The van der Waals surface area contributed by atoms with Crippen LogP contribution in [0.3, 0.4) is 0 Å². The van der Waals surface area contributed by atoms with Crippen molar-refractivity contribution in [3.8, 4) is 0 Å². The maximum absolute atomic E-state index is 11.4. The van der Waals surface area contributed by atoms with Gasteiger partial charge in [-0.25, -0.2) is 0 Å². The number of likely N-dealkylation sites (N-methyl/N-ethyl adjacent to an activating group) is 1. The minimum absolute atomic E-state index is 0.680. The zero-order valence-electron chi connectivity index (χ0n) is 10.3. The van der Waals surface area contributed by atoms with Gasteiger partial charge in [0.15, 0.2) is 0 Å². The van der Waals surface area contributed by atoms with Gasteiger partial charge >= 0.3 is 5.97 Å². The number of aliphatic carboxylic acids is 1. The summed E-state index contributed by atoms with van der Waals surface area (Å²) in [5.74, 6) is -0.689. The maximum Gasteiger partial charge on any atom is 0.323 e. The first-order valence-corrected chi connectivity index (χ1v) is 6.11. The SMILES string of the molecule is CCCCC(CCCC)(NCC)C(=O)O. The van der Waals surface area contributed by atoms with E-state index in [1.54, 1.807) is 0 Å². The lowest BCUT2D eigenvalue weighted by atomic mass is 9.87. The molecule has 90 valence electrons. The molecule has 0 radical (unpaired) electrons. The van der Waals surface area contributed by atoms with E-state index in [-0.39, 0.29) is 0 Å². The predicted molar refractivity (Wildman–Crippen MR) is 63.1 cm³/mol. The van der Waals surface area contributed by atoms with Crippen molar-refractivity contribution in [2.24, 2.45) is 0 Å². The number of rotatable bonds is 9. The minimum atomic E-state index is -0.689. The van der Waals surface area contributed by atoms with E-state index >= 15 is 0 Å². The summed E-state index contributed by atoms with van der Waals surface area (Å²) in [7, 11) is 0. The first-order valence-electron chi connectivity index (χ1n) is 6.11. The van der Waals surface area contributed by atoms with Gasteiger partial charge in [0.25, 0.3) is 0 Å². The van der Waals surface area contributed by atoms with Gasteiger partial charge in [-0.1, -0.05) is 46.5 Å². The molecule has 0 amide bonds. The molecule has 0 aromatic carbocycles. The van der Waals surface area contributed by atoms with Crippen LogP contribution in [-0.2, 0) is 4.79 Å². The molecule has 3 nitrogen and oxygen atoms in total. The number of hydrogen-bond donors (Lipinski definition) is 2. The molecule has 0 aromatic rings. The molecule has 0 unspecified atom stereocenters. The van der Waals surface area contributed by atoms with E-state index in [1.165, 1.54) is 0 Å². The second kappa shape index (κ2) is 7.69. The zero-order valence-corrected chi connectivity index (χ0v) is 10.3. The Bertz CT molecular complexity index is 172. The quantitative estimate of drug-likeness (QED) is 0.622. The summed E-state index contributed by atoms with van der Waals surface area (Å²) in [6.45, 7) is 6.88. The lowest BCUT2D eigenvalue weighted by Gasteiger charge is -2.30. The number of carbonyl (C=O) groups is 1. The standard InChI is InChI=1S/C12H25NO2/c1-4-7-9-12(11(14)15,13-6-3)10-8-5-2/h13H,4-10H2,1-3H3,(H,14,15). The van der Waals surface area contributed by atoms with Crippen molar-refractivity contribution in [1.29, 1.82) is 0 Å². The van der Waals surface area contributed by atoms with Crippen LogP contribution in [0.2, 0.25) is 0 Å². The summed E-state index contributed by atoms with van der Waals surface area (Å²) >= 11 is 0. The van der Waals surface area contributed by atoms with E-state index in [2.05, 4.69) is 19.2 Å². The van der Waals surface area contributed by atoms with Crippen LogP contribution >= 0.6 is 0 Å². The van der Waals surface area contributed by atoms with E-state index in [0.29, 0.717) is 0 Å². The van der Waals surface area contributed by atoms with E-state index in [1.807, 2.05) is 6.92 Å². The highest BCUT2D eigenvalue weighted by molar-refractivity contribution is 5.78. The third kappa shape index (κ3) is 4.65. The van der Waals surface area contributed by atoms with Crippen molar-refractivity contribution in [3.63, 3.8) is 0 Å². The summed E-state index contributed by atoms with van der Waals surface area (Å²) in [5.41, 5.74) is -0.680. The van der Waals surface area contributed by atoms with Crippen LogP contribution in [0.5, 0.6) is 0 Å². The van der Waals surface area contributed by atoms with Crippen LogP contribution in [0.25, 0.3) is 0 Å². The molecule has 0 fully saturated rings. The largest absolute Gasteiger partial charge is 0.480 e. The molecule has 0 aliphatic heterocycles. The molecule has 0 heterocycles. The first-order chi connectivity index (χ1) is 7.13. The van der Waals surface area contributed by atoms with Crippen LogP contribution in [0.4, 0.5) is 0 Å². The van der Waals surface area contributed by atoms with Crippen molar-refractivity contribution in [1.82, 2.24) is 5.32 Å². The molecule has 0 spiro atoms. The van der Waals surface area contributed by atoms with Gasteiger partial charge in [0.05, 0.1) is 0 Å². The fraction of sp³-hybridized carbons (Fsp3) is 0.917. The Kier molecular flexibility index (Phi) is 7.39. The Morgan fingerprint density at radius 3 is 1.87 bits per heavy atom. The fourth-order valence-electron chi connectivity index (χ4n) is 1.89. The molecule has 0 bridgehead atoms. The van der Waals surface area contributed by atoms with Crippen LogP contribution in [0, 0.1) is 0 Å². The second-order valence-electron chi connectivity index (χ2n) is 4.12. The molecule has 0 saturated carbocycles. The summed E-state index contributed by atoms with van der Waals surface area (Å²) in [4.78, 5) is 11.4. The van der Waals surface area contributed by atoms with Gasteiger partial charge in [0.1, 0.15) is 5.54 Å². The molecule has 0 aromatic heterocycles.